The number of thiophene rings is 1. The lowest BCUT2D eigenvalue weighted by atomic mass is 9.75. The molecular weight excluding hydrogens is 281 g/mol. The van der Waals surface area contributed by atoms with Gasteiger partial charge in [-0.1, -0.05) is 6.07 Å². The van der Waals surface area contributed by atoms with Crippen LogP contribution in [0.25, 0.3) is 10.1 Å². The van der Waals surface area contributed by atoms with Crippen molar-refractivity contribution in [3.8, 4) is 0 Å². The third kappa shape index (κ3) is 2.22. The molecule has 2 saturated carbocycles. The highest BCUT2D eigenvalue weighted by atomic mass is 32.1. The lowest BCUT2D eigenvalue weighted by Crippen LogP contribution is -2.30. The molecule has 1 aromatic carbocycles. The van der Waals surface area contributed by atoms with Gasteiger partial charge in [0, 0.05) is 11.2 Å². The zero-order valence-electron chi connectivity index (χ0n) is 12.7. The minimum atomic E-state index is -0.117. The molecule has 0 radical (unpaired) electrons. The first kappa shape index (κ1) is 13.7. The van der Waals surface area contributed by atoms with Gasteiger partial charge in [0.1, 0.15) is 5.82 Å². The van der Waals surface area contributed by atoms with E-state index in [1.807, 2.05) is 6.07 Å². The summed E-state index contributed by atoms with van der Waals surface area (Å²) in [7, 11) is 4.37. The molecule has 112 valence electrons. The third-order valence-electron chi connectivity index (χ3n) is 5.59. The van der Waals surface area contributed by atoms with E-state index in [1.165, 1.54) is 36.8 Å². The number of benzene rings is 1. The van der Waals surface area contributed by atoms with Crippen molar-refractivity contribution in [3.63, 3.8) is 0 Å². The number of hydrogen-bond donors (Lipinski definition) is 0. The molecule has 21 heavy (non-hydrogen) atoms. The van der Waals surface area contributed by atoms with Gasteiger partial charge in [0.05, 0.1) is 0 Å². The van der Waals surface area contributed by atoms with Crippen LogP contribution in [-0.4, -0.2) is 25.5 Å². The number of rotatable bonds is 3. The second-order valence-electron chi connectivity index (χ2n) is 7.12. The van der Waals surface area contributed by atoms with Gasteiger partial charge in [-0.3, -0.25) is 0 Å². The van der Waals surface area contributed by atoms with Gasteiger partial charge in [0.15, 0.2) is 0 Å². The van der Waals surface area contributed by atoms with E-state index in [2.05, 4.69) is 24.4 Å². The summed E-state index contributed by atoms with van der Waals surface area (Å²) in [6, 6.07) is 5.31. The molecule has 3 heteroatoms. The monoisotopic (exact) mass is 303 g/mol. The molecule has 2 bridgehead atoms. The van der Waals surface area contributed by atoms with Crippen molar-refractivity contribution in [3.05, 3.63) is 35.0 Å². The van der Waals surface area contributed by atoms with Crippen LogP contribution < -0.4 is 0 Å². The van der Waals surface area contributed by atoms with E-state index in [4.69, 9.17) is 0 Å². The molecule has 1 aromatic heterocycles. The van der Waals surface area contributed by atoms with Crippen LogP contribution in [0.3, 0.4) is 0 Å². The lowest BCUT2D eigenvalue weighted by Gasteiger charge is -2.33. The SMILES string of the molecule is CN(C)CC1C2CCC(C2)C1c1csc2cc(F)ccc12. The number of halogens is 1. The molecule has 1 heterocycles. The summed E-state index contributed by atoms with van der Waals surface area (Å²) in [5.74, 6) is 3.10. The molecule has 0 saturated heterocycles. The van der Waals surface area contributed by atoms with Gasteiger partial charge in [-0.25, -0.2) is 4.39 Å². The summed E-state index contributed by atoms with van der Waals surface area (Å²) < 4.78 is 14.5. The Labute approximate surface area is 129 Å². The Morgan fingerprint density at radius 2 is 2.05 bits per heavy atom. The Kier molecular flexibility index (Phi) is 3.31. The topological polar surface area (TPSA) is 3.24 Å². The first-order valence-corrected chi connectivity index (χ1v) is 8.83. The van der Waals surface area contributed by atoms with Crippen LogP contribution in [-0.2, 0) is 0 Å². The van der Waals surface area contributed by atoms with E-state index >= 15 is 0 Å². The minimum absolute atomic E-state index is 0.117. The maximum absolute atomic E-state index is 13.4. The average Bonchev–Trinajstić information content (AvgIpc) is 3.11. The largest absolute Gasteiger partial charge is 0.309 e. The Morgan fingerprint density at radius 1 is 1.24 bits per heavy atom. The molecule has 0 aliphatic heterocycles. The molecule has 1 nitrogen and oxygen atoms in total. The maximum atomic E-state index is 13.4. The zero-order chi connectivity index (χ0) is 14.6. The lowest BCUT2D eigenvalue weighted by molar-refractivity contribution is 0.220. The van der Waals surface area contributed by atoms with Gasteiger partial charge in [-0.15, -0.1) is 11.3 Å². The quantitative estimate of drug-likeness (QED) is 0.792. The highest BCUT2D eigenvalue weighted by Gasteiger charge is 2.48. The Hall–Kier alpha value is -0.930. The van der Waals surface area contributed by atoms with E-state index in [0.29, 0.717) is 5.92 Å². The predicted molar refractivity (Wildman–Crippen MR) is 87.4 cm³/mol. The second kappa shape index (κ2) is 5.06. The normalized spacial score (nSPS) is 31.6. The van der Waals surface area contributed by atoms with Crippen molar-refractivity contribution in [2.45, 2.75) is 25.2 Å². The van der Waals surface area contributed by atoms with Crippen LogP contribution in [0.15, 0.2) is 23.6 Å². The predicted octanol–water partition coefficient (Wildman–Crippen LogP) is 4.73. The van der Waals surface area contributed by atoms with Crippen LogP contribution in [0, 0.1) is 23.6 Å². The molecule has 2 fully saturated rings. The molecule has 0 spiro atoms. The van der Waals surface area contributed by atoms with Crippen LogP contribution in [0.1, 0.15) is 30.7 Å². The van der Waals surface area contributed by atoms with Crippen molar-refractivity contribution >= 4 is 21.4 Å². The van der Waals surface area contributed by atoms with Gasteiger partial charge >= 0.3 is 0 Å². The standard InChI is InChI=1S/C18H22FNS/c1-20(2)9-15-11-3-4-12(7-11)18(15)16-10-21-17-8-13(19)5-6-14(16)17/h5-6,8,10-12,15,18H,3-4,7,9H2,1-2H3. The summed E-state index contributed by atoms with van der Waals surface area (Å²) in [6.07, 6.45) is 4.20. The molecule has 2 aromatic rings. The van der Waals surface area contributed by atoms with Crippen molar-refractivity contribution in [2.24, 2.45) is 17.8 Å². The first-order chi connectivity index (χ1) is 10.1. The molecular formula is C18H22FNS. The molecule has 2 aliphatic carbocycles. The summed E-state index contributed by atoms with van der Waals surface area (Å²) >= 11 is 1.71. The van der Waals surface area contributed by atoms with Crippen LogP contribution in [0.5, 0.6) is 0 Å². The number of hydrogen-bond acceptors (Lipinski definition) is 2. The van der Waals surface area contributed by atoms with E-state index in [0.717, 1.165) is 22.5 Å². The summed E-state index contributed by atoms with van der Waals surface area (Å²) in [6.45, 7) is 1.18. The second-order valence-corrected chi connectivity index (χ2v) is 8.03. The van der Waals surface area contributed by atoms with Gasteiger partial charge in [-0.05, 0) is 85.5 Å². The third-order valence-corrected chi connectivity index (χ3v) is 6.55. The fraction of sp³-hybridized carbons (Fsp3) is 0.556. The summed E-state index contributed by atoms with van der Waals surface area (Å²) in [4.78, 5) is 2.34. The van der Waals surface area contributed by atoms with Crippen molar-refractivity contribution in [1.29, 1.82) is 0 Å². The molecule has 0 amide bonds. The molecule has 4 unspecified atom stereocenters. The Morgan fingerprint density at radius 3 is 2.86 bits per heavy atom. The fourth-order valence-electron chi connectivity index (χ4n) is 4.86. The maximum Gasteiger partial charge on any atom is 0.124 e. The van der Waals surface area contributed by atoms with E-state index < -0.39 is 0 Å². The van der Waals surface area contributed by atoms with E-state index in [9.17, 15) is 4.39 Å². The van der Waals surface area contributed by atoms with Crippen LogP contribution >= 0.6 is 11.3 Å². The smallest absolute Gasteiger partial charge is 0.124 e. The molecule has 4 rings (SSSR count). The average molecular weight is 303 g/mol. The van der Waals surface area contributed by atoms with E-state index in [1.54, 1.807) is 23.5 Å². The van der Waals surface area contributed by atoms with Gasteiger partial charge < -0.3 is 4.90 Å². The van der Waals surface area contributed by atoms with E-state index in [-0.39, 0.29) is 5.82 Å². The van der Waals surface area contributed by atoms with Crippen LogP contribution in [0.2, 0.25) is 0 Å². The first-order valence-electron chi connectivity index (χ1n) is 7.95. The van der Waals surface area contributed by atoms with Gasteiger partial charge in [0.2, 0.25) is 0 Å². The van der Waals surface area contributed by atoms with Crippen LogP contribution in [0.4, 0.5) is 4.39 Å². The number of nitrogens with zero attached hydrogens (tertiary/aromatic N) is 1. The molecule has 4 atom stereocenters. The Balaban J connectivity index is 1.75. The zero-order valence-corrected chi connectivity index (χ0v) is 13.5. The highest BCUT2D eigenvalue weighted by molar-refractivity contribution is 7.17. The minimum Gasteiger partial charge on any atom is -0.309 e. The fourth-order valence-corrected chi connectivity index (χ4v) is 5.89. The Bertz CT molecular complexity index is 662. The van der Waals surface area contributed by atoms with Crippen molar-refractivity contribution in [1.82, 2.24) is 4.90 Å². The summed E-state index contributed by atoms with van der Waals surface area (Å²) in [5, 5.41) is 3.60. The van der Waals surface area contributed by atoms with Crippen molar-refractivity contribution < 1.29 is 4.39 Å². The number of fused-ring (bicyclic) bond motifs is 3. The highest BCUT2D eigenvalue weighted by Crippen LogP contribution is 2.58. The van der Waals surface area contributed by atoms with Gasteiger partial charge in [-0.2, -0.15) is 0 Å². The molecule has 2 aliphatic rings. The molecule has 0 N–H and O–H groups in total. The van der Waals surface area contributed by atoms with Gasteiger partial charge in [0.25, 0.3) is 0 Å². The van der Waals surface area contributed by atoms with Crippen molar-refractivity contribution in [2.75, 3.05) is 20.6 Å². The summed E-state index contributed by atoms with van der Waals surface area (Å²) in [5.41, 5.74) is 1.49.